The molecule has 3 heterocycles. The third-order valence-electron chi connectivity index (χ3n) is 4.90. The third kappa shape index (κ3) is 4.05. The number of pyridine rings is 2. The molecule has 0 aliphatic carbocycles. The molecular formula is C21H18F3N5O. The number of benzene rings is 1. The predicted octanol–water partition coefficient (Wildman–Crippen LogP) is 4.02. The van der Waals surface area contributed by atoms with Crippen molar-refractivity contribution in [3.05, 3.63) is 77.1 Å². The van der Waals surface area contributed by atoms with Gasteiger partial charge in [-0.3, -0.25) is 4.79 Å². The maximum absolute atomic E-state index is 12.7. The number of rotatable bonds is 3. The molecule has 9 heteroatoms. The molecular weight excluding hydrogens is 395 g/mol. The summed E-state index contributed by atoms with van der Waals surface area (Å²) in [6.07, 6.45) is -3.03. The Hall–Kier alpha value is -3.62. The first-order chi connectivity index (χ1) is 14.3. The van der Waals surface area contributed by atoms with Gasteiger partial charge in [0.05, 0.1) is 5.56 Å². The van der Waals surface area contributed by atoms with Crippen molar-refractivity contribution in [2.24, 2.45) is 0 Å². The van der Waals surface area contributed by atoms with Crippen LogP contribution in [0.5, 0.6) is 0 Å². The van der Waals surface area contributed by atoms with E-state index in [1.165, 1.54) is 6.07 Å². The number of halogens is 3. The minimum absolute atomic E-state index is 0.198. The number of nitrogen functional groups attached to an aromatic ring is 1. The summed E-state index contributed by atoms with van der Waals surface area (Å²) in [6, 6.07) is 12.8. The van der Waals surface area contributed by atoms with Crippen molar-refractivity contribution >= 4 is 23.2 Å². The molecule has 154 valence electrons. The van der Waals surface area contributed by atoms with Crippen molar-refractivity contribution in [3.63, 3.8) is 0 Å². The van der Waals surface area contributed by atoms with Gasteiger partial charge in [-0.1, -0.05) is 18.2 Å². The fourth-order valence-electron chi connectivity index (χ4n) is 3.41. The van der Waals surface area contributed by atoms with Crippen LogP contribution in [-0.2, 0) is 19.1 Å². The minimum Gasteiger partial charge on any atom is -0.384 e. The van der Waals surface area contributed by atoms with Crippen LogP contribution in [-0.4, -0.2) is 27.3 Å². The van der Waals surface area contributed by atoms with Crippen LogP contribution < -0.4 is 11.1 Å². The van der Waals surface area contributed by atoms with Gasteiger partial charge >= 0.3 is 6.18 Å². The van der Waals surface area contributed by atoms with E-state index in [0.717, 1.165) is 29.1 Å². The lowest BCUT2D eigenvalue weighted by Gasteiger charge is -2.30. The second-order valence-electron chi connectivity index (χ2n) is 6.92. The zero-order valence-corrected chi connectivity index (χ0v) is 15.8. The van der Waals surface area contributed by atoms with Crippen molar-refractivity contribution in [2.45, 2.75) is 19.1 Å². The molecule has 2 aromatic heterocycles. The Morgan fingerprint density at radius 2 is 1.90 bits per heavy atom. The number of fused-ring (bicyclic) bond motifs is 1. The number of hydrogen-bond donors (Lipinski definition) is 2. The molecule has 0 atom stereocenters. The van der Waals surface area contributed by atoms with E-state index in [1.807, 2.05) is 18.2 Å². The Balaban J connectivity index is 1.52. The largest absolute Gasteiger partial charge is 0.417 e. The van der Waals surface area contributed by atoms with Crippen LogP contribution in [0.25, 0.3) is 0 Å². The summed E-state index contributed by atoms with van der Waals surface area (Å²) >= 11 is 0. The number of aromatic nitrogens is 2. The second-order valence-corrected chi connectivity index (χ2v) is 6.92. The summed E-state index contributed by atoms with van der Waals surface area (Å²) in [5.41, 5.74) is 7.88. The molecule has 0 unspecified atom stereocenters. The topological polar surface area (TPSA) is 84.1 Å². The number of anilines is 3. The van der Waals surface area contributed by atoms with Crippen LogP contribution in [0.1, 0.15) is 27.2 Å². The van der Waals surface area contributed by atoms with Gasteiger partial charge in [-0.25, -0.2) is 9.97 Å². The van der Waals surface area contributed by atoms with E-state index in [-0.39, 0.29) is 11.7 Å². The zero-order chi connectivity index (χ0) is 21.3. The summed E-state index contributed by atoms with van der Waals surface area (Å²) in [7, 11) is 0. The molecule has 3 aromatic rings. The lowest BCUT2D eigenvalue weighted by molar-refractivity contribution is -0.137. The molecule has 1 aromatic carbocycles. The van der Waals surface area contributed by atoms with Crippen LogP contribution in [0, 0.1) is 0 Å². The summed E-state index contributed by atoms with van der Waals surface area (Å²) < 4.78 is 38.1. The number of nitrogens with two attached hydrogens (primary N) is 1. The van der Waals surface area contributed by atoms with Crippen molar-refractivity contribution in [1.29, 1.82) is 0 Å². The summed E-state index contributed by atoms with van der Waals surface area (Å²) in [4.78, 5) is 22.4. The van der Waals surface area contributed by atoms with Gasteiger partial charge in [-0.15, -0.1) is 0 Å². The highest BCUT2D eigenvalue weighted by atomic mass is 19.4. The Morgan fingerprint density at radius 1 is 1.10 bits per heavy atom. The molecule has 3 N–H and O–H groups in total. The van der Waals surface area contributed by atoms with Crippen LogP contribution in [0.2, 0.25) is 0 Å². The Labute approximate surface area is 170 Å². The SMILES string of the molecule is Nc1cccc(C(=O)N2CCc3c(cccc3Nc3ccc(C(F)(F)F)cn3)C2)n1. The highest BCUT2D eigenvalue weighted by Gasteiger charge is 2.30. The molecule has 0 radical (unpaired) electrons. The Bertz CT molecular complexity index is 1080. The zero-order valence-electron chi connectivity index (χ0n) is 15.8. The van der Waals surface area contributed by atoms with Gasteiger partial charge < -0.3 is 16.0 Å². The van der Waals surface area contributed by atoms with E-state index in [1.54, 1.807) is 23.1 Å². The number of amides is 1. The van der Waals surface area contributed by atoms with Crippen molar-refractivity contribution < 1.29 is 18.0 Å². The number of nitrogens with one attached hydrogen (secondary N) is 1. The van der Waals surface area contributed by atoms with E-state index >= 15 is 0 Å². The highest BCUT2D eigenvalue weighted by molar-refractivity contribution is 5.92. The van der Waals surface area contributed by atoms with E-state index in [0.29, 0.717) is 31.0 Å². The maximum atomic E-state index is 12.7. The van der Waals surface area contributed by atoms with Gasteiger partial charge in [0.15, 0.2) is 0 Å². The molecule has 1 aliphatic heterocycles. The van der Waals surface area contributed by atoms with Crippen molar-refractivity contribution in [3.8, 4) is 0 Å². The average molecular weight is 413 g/mol. The highest BCUT2D eigenvalue weighted by Crippen LogP contribution is 2.31. The first-order valence-corrected chi connectivity index (χ1v) is 9.24. The summed E-state index contributed by atoms with van der Waals surface area (Å²) in [6.45, 7) is 0.891. The smallest absolute Gasteiger partial charge is 0.384 e. The van der Waals surface area contributed by atoms with Crippen LogP contribution in [0.4, 0.5) is 30.5 Å². The first-order valence-electron chi connectivity index (χ1n) is 9.24. The molecule has 0 fully saturated rings. The van der Waals surface area contributed by atoms with E-state index in [2.05, 4.69) is 15.3 Å². The van der Waals surface area contributed by atoms with Gasteiger partial charge in [0.1, 0.15) is 17.3 Å². The number of nitrogens with zero attached hydrogens (tertiary/aromatic N) is 3. The molecule has 0 spiro atoms. The quantitative estimate of drug-likeness (QED) is 0.678. The van der Waals surface area contributed by atoms with Crippen LogP contribution >= 0.6 is 0 Å². The van der Waals surface area contributed by atoms with E-state index < -0.39 is 11.7 Å². The van der Waals surface area contributed by atoms with Crippen LogP contribution in [0.15, 0.2) is 54.7 Å². The van der Waals surface area contributed by atoms with E-state index in [4.69, 9.17) is 5.73 Å². The fourth-order valence-corrected chi connectivity index (χ4v) is 3.41. The first kappa shape index (κ1) is 19.7. The Morgan fingerprint density at radius 3 is 2.60 bits per heavy atom. The average Bonchev–Trinajstić information content (AvgIpc) is 2.73. The van der Waals surface area contributed by atoms with E-state index in [9.17, 15) is 18.0 Å². The molecule has 1 aliphatic rings. The number of hydrogen-bond acceptors (Lipinski definition) is 5. The maximum Gasteiger partial charge on any atom is 0.417 e. The minimum atomic E-state index is -4.42. The number of carbonyl (C=O) groups is 1. The number of alkyl halides is 3. The standard InChI is InChI=1S/C21H18F3N5O/c22-21(23,24)14-7-8-19(26-11-14)28-16-4-1-3-13-12-29(10-9-15(13)16)20(30)17-5-2-6-18(25)27-17/h1-8,11H,9-10,12H2,(H2,25,27)(H,26,28). The Kier molecular flexibility index (Phi) is 5.03. The molecule has 4 rings (SSSR count). The molecule has 30 heavy (non-hydrogen) atoms. The molecule has 0 saturated heterocycles. The van der Waals surface area contributed by atoms with Crippen molar-refractivity contribution in [2.75, 3.05) is 17.6 Å². The van der Waals surface area contributed by atoms with Crippen LogP contribution in [0.3, 0.4) is 0 Å². The predicted molar refractivity (Wildman–Crippen MR) is 106 cm³/mol. The molecule has 0 saturated carbocycles. The summed E-state index contributed by atoms with van der Waals surface area (Å²) in [5, 5.41) is 3.08. The van der Waals surface area contributed by atoms with Gasteiger partial charge in [0, 0.05) is 25.0 Å². The summed E-state index contributed by atoms with van der Waals surface area (Å²) in [5.74, 6) is 0.406. The fraction of sp³-hybridized carbons (Fsp3) is 0.190. The molecule has 6 nitrogen and oxygen atoms in total. The van der Waals surface area contributed by atoms with Crippen molar-refractivity contribution in [1.82, 2.24) is 14.9 Å². The second kappa shape index (κ2) is 7.66. The molecule has 1 amide bonds. The third-order valence-corrected chi connectivity index (χ3v) is 4.90. The van der Waals surface area contributed by atoms with Gasteiger partial charge in [0.2, 0.25) is 0 Å². The lowest BCUT2D eigenvalue weighted by Crippen LogP contribution is -2.36. The molecule has 0 bridgehead atoms. The number of carbonyl (C=O) groups excluding carboxylic acids is 1. The van der Waals surface area contributed by atoms with Gasteiger partial charge in [-0.2, -0.15) is 13.2 Å². The van der Waals surface area contributed by atoms with Gasteiger partial charge in [0.25, 0.3) is 5.91 Å². The monoisotopic (exact) mass is 413 g/mol. The lowest BCUT2D eigenvalue weighted by atomic mass is 9.97. The van der Waals surface area contributed by atoms with Gasteiger partial charge in [-0.05, 0) is 47.9 Å². The normalized spacial score (nSPS) is 13.6.